The molecule has 136 valence electrons. The van der Waals surface area contributed by atoms with Gasteiger partial charge in [-0.05, 0) is 41.8 Å². The summed E-state index contributed by atoms with van der Waals surface area (Å²) in [5.74, 6) is 1.41. The summed E-state index contributed by atoms with van der Waals surface area (Å²) in [4.78, 5) is 9.72. The molecule has 0 unspecified atom stereocenters. The smallest absolute Gasteiger partial charge is 0.138 e. The van der Waals surface area contributed by atoms with E-state index in [4.69, 9.17) is 4.74 Å². The van der Waals surface area contributed by atoms with Gasteiger partial charge < -0.3 is 10.1 Å². The fourth-order valence-electron chi connectivity index (χ4n) is 2.97. The van der Waals surface area contributed by atoms with Crippen LogP contribution in [0.15, 0.2) is 60.2 Å². The summed E-state index contributed by atoms with van der Waals surface area (Å²) in [6.45, 7) is 0.747. The normalized spacial score (nSPS) is 10.9. The van der Waals surface area contributed by atoms with Crippen LogP contribution in [0, 0.1) is 5.82 Å². The van der Waals surface area contributed by atoms with Crippen molar-refractivity contribution in [2.24, 2.45) is 0 Å². The Balaban J connectivity index is 1.56. The highest BCUT2D eigenvalue weighted by Gasteiger charge is 2.13. The van der Waals surface area contributed by atoms with E-state index < -0.39 is 0 Å². The molecule has 6 heteroatoms. The van der Waals surface area contributed by atoms with E-state index >= 15 is 0 Å². The van der Waals surface area contributed by atoms with Gasteiger partial charge in [0.1, 0.15) is 28.5 Å². The van der Waals surface area contributed by atoms with Gasteiger partial charge in [0.05, 0.1) is 12.5 Å². The van der Waals surface area contributed by atoms with Crippen LogP contribution < -0.4 is 10.1 Å². The van der Waals surface area contributed by atoms with Gasteiger partial charge in [0, 0.05) is 17.5 Å². The lowest BCUT2D eigenvalue weighted by atomic mass is 10.1. The number of methoxy groups -OCH3 is 1. The number of aromatic nitrogens is 2. The van der Waals surface area contributed by atoms with Crippen molar-refractivity contribution in [2.75, 3.05) is 19.0 Å². The number of anilines is 1. The van der Waals surface area contributed by atoms with Crippen molar-refractivity contribution in [3.05, 3.63) is 71.6 Å². The zero-order valence-electron chi connectivity index (χ0n) is 14.8. The molecule has 0 atom stereocenters. The number of nitrogens with zero attached hydrogens (tertiary/aromatic N) is 2. The molecule has 2 aromatic carbocycles. The molecule has 2 heterocycles. The Bertz CT molecular complexity index is 1050. The zero-order chi connectivity index (χ0) is 18.6. The van der Waals surface area contributed by atoms with E-state index in [1.165, 1.54) is 17.7 Å². The zero-order valence-corrected chi connectivity index (χ0v) is 15.6. The minimum Gasteiger partial charge on any atom is -0.497 e. The predicted molar refractivity (Wildman–Crippen MR) is 108 cm³/mol. The molecule has 0 aliphatic heterocycles. The Labute approximate surface area is 160 Å². The van der Waals surface area contributed by atoms with Crippen LogP contribution in [-0.2, 0) is 6.42 Å². The average Bonchev–Trinajstić information content (AvgIpc) is 3.14. The van der Waals surface area contributed by atoms with E-state index in [9.17, 15) is 4.39 Å². The maximum Gasteiger partial charge on any atom is 0.138 e. The number of hydrogen-bond donors (Lipinski definition) is 1. The second kappa shape index (κ2) is 7.72. The van der Waals surface area contributed by atoms with Gasteiger partial charge in [-0.3, -0.25) is 0 Å². The highest BCUT2D eigenvalue weighted by atomic mass is 32.1. The third-order valence-corrected chi connectivity index (χ3v) is 5.28. The van der Waals surface area contributed by atoms with Crippen LogP contribution in [0.25, 0.3) is 21.3 Å². The molecule has 2 aromatic heterocycles. The lowest BCUT2D eigenvalue weighted by molar-refractivity contribution is 0.414. The van der Waals surface area contributed by atoms with E-state index in [1.54, 1.807) is 36.9 Å². The van der Waals surface area contributed by atoms with Gasteiger partial charge in [-0.25, -0.2) is 14.4 Å². The highest BCUT2D eigenvalue weighted by molar-refractivity contribution is 7.17. The monoisotopic (exact) mass is 379 g/mol. The number of fused-ring (bicyclic) bond motifs is 1. The van der Waals surface area contributed by atoms with Gasteiger partial charge in [0.15, 0.2) is 0 Å². The molecule has 4 aromatic rings. The quantitative estimate of drug-likeness (QED) is 0.503. The molecule has 0 aliphatic rings. The third-order valence-electron chi connectivity index (χ3n) is 4.39. The molecule has 0 saturated carbocycles. The topological polar surface area (TPSA) is 47.0 Å². The Morgan fingerprint density at radius 2 is 1.81 bits per heavy atom. The van der Waals surface area contributed by atoms with Gasteiger partial charge in [-0.2, -0.15) is 0 Å². The molecule has 4 nitrogen and oxygen atoms in total. The minimum atomic E-state index is -0.243. The molecular weight excluding hydrogens is 361 g/mol. The predicted octanol–water partition coefficient (Wildman–Crippen LogP) is 5.16. The van der Waals surface area contributed by atoms with Crippen LogP contribution in [0.2, 0.25) is 0 Å². The molecule has 0 bridgehead atoms. The van der Waals surface area contributed by atoms with E-state index in [0.717, 1.165) is 45.9 Å². The third kappa shape index (κ3) is 3.75. The largest absolute Gasteiger partial charge is 0.497 e. The molecule has 4 rings (SSSR count). The summed E-state index contributed by atoms with van der Waals surface area (Å²) in [5, 5.41) is 6.44. The van der Waals surface area contributed by atoms with Crippen molar-refractivity contribution in [3.63, 3.8) is 0 Å². The molecule has 0 spiro atoms. The molecular formula is C21H18FN3OS. The van der Waals surface area contributed by atoms with E-state index in [1.807, 2.05) is 17.5 Å². The number of nitrogens with one attached hydrogen (secondary N) is 1. The first kappa shape index (κ1) is 17.4. The lowest BCUT2D eigenvalue weighted by Crippen LogP contribution is -2.07. The van der Waals surface area contributed by atoms with Crippen LogP contribution in [0.3, 0.4) is 0 Å². The maximum absolute atomic E-state index is 13.3. The Hall–Kier alpha value is -2.99. The van der Waals surface area contributed by atoms with Gasteiger partial charge in [-0.1, -0.05) is 24.3 Å². The van der Waals surface area contributed by atoms with Crippen LogP contribution in [-0.4, -0.2) is 23.6 Å². The summed E-state index contributed by atoms with van der Waals surface area (Å²) < 4.78 is 18.4. The average molecular weight is 379 g/mol. The first-order chi connectivity index (χ1) is 13.2. The van der Waals surface area contributed by atoms with Crippen molar-refractivity contribution in [2.45, 2.75) is 6.42 Å². The molecule has 0 radical (unpaired) electrons. The van der Waals surface area contributed by atoms with Gasteiger partial charge in [0.25, 0.3) is 0 Å². The SMILES string of the molecule is COc1ccc(CCNc2ncnc3scc(-c4ccc(F)cc4)c23)cc1. The van der Waals surface area contributed by atoms with Crippen LogP contribution in [0.5, 0.6) is 5.75 Å². The number of ether oxygens (including phenoxy) is 1. The minimum absolute atomic E-state index is 0.243. The summed E-state index contributed by atoms with van der Waals surface area (Å²) in [6.07, 6.45) is 2.44. The van der Waals surface area contributed by atoms with E-state index in [-0.39, 0.29) is 5.82 Å². The van der Waals surface area contributed by atoms with Crippen molar-refractivity contribution in [1.82, 2.24) is 9.97 Å². The highest BCUT2D eigenvalue weighted by Crippen LogP contribution is 2.36. The van der Waals surface area contributed by atoms with Crippen LogP contribution in [0.1, 0.15) is 5.56 Å². The van der Waals surface area contributed by atoms with E-state index in [0.29, 0.717) is 0 Å². The fraction of sp³-hybridized carbons (Fsp3) is 0.143. The van der Waals surface area contributed by atoms with Crippen molar-refractivity contribution in [1.29, 1.82) is 0 Å². The Morgan fingerprint density at radius 3 is 2.56 bits per heavy atom. The Morgan fingerprint density at radius 1 is 1.04 bits per heavy atom. The summed E-state index contributed by atoms with van der Waals surface area (Å²) in [5.41, 5.74) is 3.19. The van der Waals surface area contributed by atoms with Gasteiger partial charge in [0.2, 0.25) is 0 Å². The van der Waals surface area contributed by atoms with Crippen molar-refractivity contribution < 1.29 is 9.13 Å². The summed E-state index contributed by atoms with van der Waals surface area (Å²) in [6, 6.07) is 14.6. The lowest BCUT2D eigenvalue weighted by Gasteiger charge is -2.09. The van der Waals surface area contributed by atoms with Crippen molar-refractivity contribution >= 4 is 27.4 Å². The first-order valence-corrected chi connectivity index (χ1v) is 9.47. The number of benzene rings is 2. The number of rotatable bonds is 6. The number of halogens is 1. The number of thiophene rings is 1. The molecule has 1 N–H and O–H groups in total. The maximum atomic E-state index is 13.3. The molecule has 0 amide bonds. The molecule has 0 fully saturated rings. The molecule has 0 aliphatic carbocycles. The van der Waals surface area contributed by atoms with Gasteiger partial charge >= 0.3 is 0 Å². The number of hydrogen-bond acceptors (Lipinski definition) is 5. The summed E-state index contributed by atoms with van der Waals surface area (Å²) in [7, 11) is 1.66. The fourth-order valence-corrected chi connectivity index (χ4v) is 3.88. The van der Waals surface area contributed by atoms with Crippen molar-refractivity contribution in [3.8, 4) is 16.9 Å². The van der Waals surface area contributed by atoms with E-state index in [2.05, 4.69) is 27.4 Å². The van der Waals surface area contributed by atoms with Crippen LogP contribution in [0.4, 0.5) is 10.2 Å². The van der Waals surface area contributed by atoms with Crippen LogP contribution >= 0.6 is 11.3 Å². The van der Waals surface area contributed by atoms with Gasteiger partial charge in [-0.15, -0.1) is 11.3 Å². The summed E-state index contributed by atoms with van der Waals surface area (Å²) >= 11 is 1.56. The molecule has 0 saturated heterocycles. The molecule has 27 heavy (non-hydrogen) atoms. The second-order valence-electron chi connectivity index (χ2n) is 6.08. The second-order valence-corrected chi connectivity index (χ2v) is 6.94. The standard InChI is InChI=1S/C21H18FN3OS/c1-26-17-8-2-14(3-9-17)10-11-23-20-19-18(12-27-21(19)25-13-24-20)15-4-6-16(22)7-5-15/h2-9,12-13H,10-11H2,1H3,(H,23,24,25). The first-order valence-electron chi connectivity index (χ1n) is 8.59. The Kier molecular flexibility index (Phi) is 4.98.